The number of aliphatic hydroxyl groups is 1. The van der Waals surface area contributed by atoms with Gasteiger partial charge in [-0.15, -0.1) is 0 Å². The molecule has 2 aliphatic heterocycles. The maximum Gasteiger partial charge on any atom is 0.306 e. The van der Waals surface area contributed by atoms with E-state index in [0.717, 1.165) is 64.2 Å². The van der Waals surface area contributed by atoms with Crippen LogP contribution in [0, 0.1) is 0 Å². The van der Waals surface area contributed by atoms with Crippen molar-refractivity contribution in [3.8, 4) is 0 Å². The number of unbranched alkanes of at least 4 members (excludes halogenated alkanes) is 5. The molecule has 0 aromatic rings. The molecule has 0 aliphatic carbocycles. The average Bonchev–Trinajstić information content (AvgIpc) is 2.79. The fraction of sp³-hybridized carbons (Fsp3) is 0.971. The summed E-state index contributed by atoms with van der Waals surface area (Å²) in [6, 6.07) is 0. The Labute approximate surface area is 258 Å². The fourth-order valence-corrected chi connectivity index (χ4v) is 7.35. The quantitative estimate of drug-likeness (QED) is 0.110. The number of rotatable bonds is 16. The summed E-state index contributed by atoms with van der Waals surface area (Å²) < 4.78 is 12.0. The van der Waals surface area contributed by atoms with Crippen molar-refractivity contribution in [2.24, 2.45) is 0 Å². The molecular formula is C34H66N2O6. The maximum absolute atomic E-state index is 12.6. The summed E-state index contributed by atoms with van der Waals surface area (Å²) in [5.41, 5.74) is -0.752. The summed E-state index contributed by atoms with van der Waals surface area (Å²) in [6.07, 6.45) is 9.82. The van der Waals surface area contributed by atoms with Crippen LogP contribution in [0.25, 0.3) is 0 Å². The highest BCUT2D eigenvalue weighted by Crippen LogP contribution is 2.41. The fourth-order valence-electron chi connectivity index (χ4n) is 7.35. The van der Waals surface area contributed by atoms with Gasteiger partial charge in [0.1, 0.15) is 6.10 Å². The molecule has 8 heteroatoms. The van der Waals surface area contributed by atoms with Gasteiger partial charge in [-0.2, -0.15) is 10.1 Å². The molecule has 2 saturated heterocycles. The first kappa shape index (κ1) is 37.4. The van der Waals surface area contributed by atoms with Crippen LogP contribution in [-0.2, 0) is 23.9 Å². The molecule has 2 heterocycles. The van der Waals surface area contributed by atoms with Crippen LogP contribution in [-0.4, -0.2) is 74.1 Å². The predicted molar refractivity (Wildman–Crippen MR) is 169 cm³/mol. The van der Waals surface area contributed by atoms with Gasteiger partial charge in [0.2, 0.25) is 0 Å². The topological polar surface area (TPSA) is 80.7 Å². The maximum atomic E-state index is 12.6. The number of hydrogen-bond donors (Lipinski definition) is 1. The molecule has 0 saturated carbocycles. The molecule has 2 fully saturated rings. The minimum atomic E-state index is -0.729. The van der Waals surface area contributed by atoms with Gasteiger partial charge in [0.25, 0.3) is 0 Å². The smallest absolute Gasteiger partial charge is 0.306 e. The third kappa shape index (κ3) is 11.6. The molecule has 8 nitrogen and oxygen atoms in total. The van der Waals surface area contributed by atoms with Crippen molar-refractivity contribution in [1.82, 2.24) is 10.1 Å². The second-order valence-corrected chi connectivity index (χ2v) is 15.9. The molecular weight excluding hydrogens is 532 g/mol. The summed E-state index contributed by atoms with van der Waals surface area (Å²) in [6.45, 7) is 25.6. The molecule has 1 unspecified atom stereocenters. The molecule has 1 atom stereocenters. The number of ether oxygens (including phenoxy) is 2. The number of carbonyl (C=O) groups excluding carboxylic acids is 1. The first-order valence-electron chi connectivity index (χ1n) is 16.7. The molecule has 2 aliphatic rings. The van der Waals surface area contributed by atoms with Gasteiger partial charge in [0.15, 0.2) is 6.29 Å². The second kappa shape index (κ2) is 15.5. The van der Waals surface area contributed by atoms with E-state index in [1.165, 1.54) is 0 Å². The number of piperidine rings is 2. The Hall–Kier alpha value is -0.770. The van der Waals surface area contributed by atoms with Crippen molar-refractivity contribution >= 4 is 5.97 Å². The second-order valence-electron chi connectivity index (χ2n) is 15.9. The lowest BCUT2D eigenvalue weighted by atomic mass is 9.80. The minimum Gasteiger partial charge on any atom is -0.462 e. The third-order valence-corrected chi connectivity index (χ3v) is 8.47. The Morgan fingerprint density at radius 3 is 1.48 bits per heavy atom. The Bertz CT molecular complexity index is 789. The van der Waals surface area contributed by atoms with Crippen LogP contribution in [0.3, 0.4) is 0 Å². The Balaban J connectivity index is 1.60. The van der Waals surface area contributed by atoms with E-state index in [2.05, 4.69) is 79.4 Å². The van der Waals surface area contributed by atoms with Crippen molar-refractivity contribution < 1.29 is 29.0 Å². The predicted octanol–water partition coefficient (Wildman–Crippen LogP) is 7.71. The zero-order valence-electron chi connectivity index (χ0n) is 29.3. The monoisotopic (exact) mass is 598 g/mol. The Morgan fingerprint density at radius 1 is 0.667 bits per heavy atom. The van der Waals surface area contributed by atoms with Crippen molar-refractivity contribution in [1.29, 1.82) is 0 Å². The molecule has 0 aromatic heterocycles. The first-order valence-corrected chi connectivity index (χ1v) is 16.7. The van der Waals surface area contributed by atoms with E-state index in [9.17, 15) is 9.90 Å². The molecule has 0 amide bonds. The van der Waals surface area contributed by atoms with Crippen LogP contribution in [0.4, 0.5) is 0 Å². The number of esters is 1. The van der Waals surface area contributed by atoms with Crippen LogP contribution < -0.4 is 0 Å². The molecule has 0 bridgehead atoms. The number of hydrogen-bond acceptors (Lipinski definition) is 8. The summed E-state index contributed by atoms with van der Waals surface area (Å²) in [5, 5.41) is 14.8. The van der Waals surface area contributed by atoms with Gasteiger partial charge < -0.3 is 14.6 Å². The van der Waals surface area contributed by atoms with Crippen LogP contribution in [0.1, 0.15) is 160 Å². The molecule has 248 valence electrons. The number of aliphatic hydroxyl groups excluding tert-OH is 1. The molecule has 0 spiro atoms. The SMILES string of the molecule is CC(C)ON1C(C)(C)CC(OC(=O)CCCCCCCCC(O)OC2CC(C)(C)N(OC(C)C)C(C)(C)C2)CC1(C)C. The van der Waals surface area contributed by atoms with Gasteiger partial charge in [0, 0.05) is 41.4 Å². The highest BCUT2D eigenvalue weighted by molar-refractivity contribution is 5.69. The van der Waals surface area contributed by atoms with E-state index in [4.69, 9.17) is 19.1 Å². The van der Waals surface area contributed by atoms with E-state index in [1.807, 2.05) is 13.8 Å². The van der Waals surface area contributed by atoms with E-state index >= 15 is 0 Å². The minimum absolute atomic E-state index is 0.00910. The van der Waals surface area contributed by atoms with Crippen LogP contribution in [0.2, 0.25) is 0 Å². The molecule has 1 N–H and O–H groups in total. The van der Waals surface area contributed by atoms with Gasteiger partial charge >= 0.3 is 5.97 Å². The average molecular weight is 599 g/mol. The summed E-state index contributed by atoms with van der Waals surface area (Å²) >= 11 is 0. The van der Waals surface area contributed by atoms with Gasteiger partial charge in [-0.05, 0) is 115 Å². The molecule has 0 aromatic carbocycles. The zero-order valence-corrected chi connectivity index (χ0v) is 29.3. The standard InChI is InChI=1S/C34H66N2O6/c1-25(2)41-35-31(5,6)21-27(22-32(35,7)8)39-29(37)19-17-15-13-14-16-18-20-30(38)40-28-23-33(9,10)36(42-26(3)4)34(11,12)24-28/h25-29,37H,13-24H2,1-12H3. The highest BCUT2D eigenvalue weighted by atomic mass is 16.7. The molecule has 0 radical (unpaired) electrons. The molecule has 42 heavy (non-hydrogen) atoms. The van der Waals surface area contributed by atoms with Gasteiger partial charge in [-0.25, -0.2) is 0 Å². The van der Waals surface area contributed by atoms with E-state index in [0.29, 0.717) is 12.8 Å². The summed E-state index contributed by atoms with van der Waals surface area (Å²) in [5.74, 6) is -0.0851. The number of hydroxylamine groups is 4. The van der Waals surface area contributed by atoms with Crippen molar-refractivity contribution in [3.05, 3.63) is 0 Å². The summed E-state index contributed by atoms with van der Waals surface area (Å²) in [7, 11) is 0. The third-order valence-electron chi connectivity index (χ3n) is 8.47. The first-order chi connectivity index (χ1) is 19.2. The largest absolute Gasteiger partial charge is 0.462 e. The summed E-state index contributed by atoms with van der Waals surface area (Å²) in [4.78, 5) is 24.9. The van der Waals surface area contributed by atoms with E-state index in [1.54, 1.807) is 0 Å². The Morgan fingerprint density at radius 2 is 1.05 bits per heavy atom. The normalized spacial score (nSPS) is 23.9. The van der Waals surface area contributed by atoms with Crippen molar-refractivity contribution in [2.45, 2.75) is 213 Å². The van der Waals surface area contributed by atoms with Gasteiger partial charge in [0.05, 0.1) is 18.3 Å². The molecule has 2 rings (SSSR count). The Kier molecular flexibility index (Phi) is 13.8. The van der Waals surface area contributed by atoms with Crippen LogP contribution in [0.15, 0.2) is 0 Å². The lowest BCUT2D eigenvalue weighted by Gasteiger charge is -2.54. The van der Waals surface area contributed by atoms with Crippen LogP contribution >= 0.6 is 0 Å². The zero-order chi connectivity index (χ0) is 31.9. The van der Waals surface area contributed by atoms with Crippen molar-refractivity contribution in [2.75, 3.05) is 0 Å². The number of carbonyl (C=O) groups is 1. The lowest BCUT2D eigenvalue weighted by Crippen LogP contribution is -2.62. The van der Waals surface area contributed by atoms with Crippen LogP contribution in [0.5, 0.6) is 0 Å². The van der Waals surface area contributed by atoms with E-state index < -0.39 is 6.29 Å². The number of nitrogens with zero attached hydrogens (tertiary/aromatic N) is 2. The lowest BCUT2D eigenvalue weighted by molar-refractivity contribution is -0.317. The highest BCUT2D eigenvalue weighted by Gasteiger charge is 2.49. The van der Waals surface area contributed by atoms with Crippen molar-refractivity contribution in [3.63, 3.8) is 0 Å². The van der Waals surface area contributed by atoms with E-state index in [-0.39, 0.29) is 52.5 Å². The van der Waals surface area contributed by atoms with Gasteiger partial charge in [-0.1, -0.05) is 25.7 Å². The van der Waals surface area contributed by atoms with Gasteiger partial charge in [-0.3, -0.25) is 14.5 Å².